The molecule has 3 nitrogen and oxygen atoms in total. The van der Waals surface area contributed by atoms with Crippen molar-refractivity contribution in [3.05, 3.63) is 35.0 Å². The van der Waals surface area contributed by atoms with Gasteiger partial charge in [-0.3, -0.25) is 0 Å². The first-order valence-electron chi connectivity index (χ1n) is 5.10. The van der Waals surface area contributed by atoms with Crippen molar-refractivity contribution >= 4 is 22.6 Å². The predicted molar refractivity (Wildman–Crippen MR) is 64.9 cm³/mol. The summed E-state index contributed by atoms with van der Waals surface area (Å²) in [5.74, 6) is 0.863. The second kappa shape index (κ2) is 4.87. The van der Waals surface area contributed by atoms with Gasteiger partial charge in [0.2, 0.25) is 0 Å². The molecule has 1 aromatic carbocycles. The minimum atomic E-state index is 0.0659. The lowest BCUT2D eigenvalue weighted by molar-refractivity contribution is 0.162. The summed E-state index contributed by atoms with van der Waals surface area (Å²) in [6.07, 6.45) is 0. The molecule has 0 saturated heterocycles. The highest BCUT2D eigenvalue weighted by molar-refractivity contribution is 6.31. The van der Waals surface area contributed by atoms with Crippen LogP contribution in [-0.2, 0) is 4.74 Å². The van der Waals surface area contributed by atoms with Crippen LogP contribution in [0.25, 0.3) is 11.0 Å². The summed E-state index contributed by atoms with van der Waals surface area (Å²) in [5, 5.41) is 4.87. The number of nitrogens with one attached hydrogen (secondary N) is 1. The van der Waals surface area contributed by atoms with Gasteiger partial charge in [-0.1, -0.05) is 11.6 Å². The first kappa shape index (κ1) is 11.5. The summed E-state index contributed by atoms with van der Waals surface area (Å²) in [7, 11) is 3.55. The van der Waals surface area contributed by atoms with Gasteiger partial charge in [0.15, 0.2) is 0 Å². The largest absolute Gasteiger partial charge is 0.459 e. The molecule has 1 aromatic heterocycles. The van der Waals surface area contributed by atoms with Crippen LogP contribution in [0, 0.1) is 0 Å². The third-order valence-corrected chi connectivity index (χ3v) is 2.76. The highest BCUT2D eigenvalue weighted by atomic mass is 35.5. The van der Waals surface area contributed by atoms with Crippen LogP contribution in [-0.4, -0.2) is 20.8 Å². The molecule has 0 amide bonds. The average molecular weight is 240 g/mol. The molecule has 2 aromatic rings. The van der Waals surface area contributed by atoms with Crippen LogP contribution in [0.1, 0.15) is 11.8 Å². The van der Waals surface area contributed by atoms with E-state index in [9.17, 15) is 0 Å². The van der Waals surface area contributed by atoms with Gasteiger partial charge in [-0.25, -0.2) is 0 Å². The molecule has 0 saturated carbocycles. The number of hydrogen-bond donors (Lipinski definition) is 1. The van der Waals surface area contributed by atoms with Crippen LogP contribution >= 0.6 is 11.6 Å². The monoisotopic (exact) mass is 239 g/mol. The van der Waals surface area contributed by atoms with Gasteiger partial charge in [0, 0.05) is 17.5 Å². The summed E-state index contributed by atoms with van der Waals surface area (Å²) in [4.78, 5) is 0. The molecular formula is C12H14ClNO2. The van der Waals surface area contributed by atoms with E-state index >= 15 is 0 Å². The Hall–Kier alpha value is -1.03. The van der Waals surface area contributed by atoms with Crippen molar-refractivity contribution in [2.24, 2.45) is 0 Å². The van der Waals surface area contributed by atoms with Crippen LogP contribution in [0.3, 0.4) is 0 Å². The molecule has 0 fully saturated rings. The lowest BCUT2D eigenvalue weighted by Crippen LogP contribution is -2.20. The van der Waals surface area contributed by atoms with E-state index in [0.717, 1.165) is 16.7 Å². The van der Waals surface area contributed by atoms with Crippen molar-refractivity contribution in [2.45, 2.75) is 6.04 Å². The Kier molecular flexibility index (Phi) is 3.49. The average Bonchev–Trinajstić information content (AvgIpc) is 2.68. The van der Waals surface area contributed by atoms with E-state index < -0.39 is 0 Å². The van der Waals surface area contributed by atoms with Gasteiger partial charge in [-0.05, 0) is 31.3 Å². The summed E-state index contributed by atoms with van der Waals surface area (Å²) < 4.78 is 10.8. The fourth-order valence-electron chi connectivity index (χ4n) is 1.68. The Balaban J connectivity index is 2.37. The number of rotatable bonds is 4. The fraction of sp³-hybridized carbons (Fsp3) is 0.333. The van der Waals surface area contributed by atoms with Crippen LogP contribution in [0.4, 0.5) is 0 Å². The number of furan rings is 1. The molecule has 1 N–H and O–H groups in total. The summed E-state index contributed by atoms with van der Waals surface area (Å²) in [5.41, 5.74) is 0.843. The van der Waals surface area contributed by atoms with E-state index in [1.807, 2.05) is 31.3 Å². The topological polar surface area (TPSA) is 34.4 Å². The first-order valence-corrected chi connectivity index (χ1v) is 5.47. The smallest absolute Gasteiger partial charge is 0.134 e. The standard InChI is InChI=1S/C12H14ClNO2/c1-14-10(7-15-2)12-6-8-5-9(13)3-4-11(8)16-12/h3-6,10,14H,7H2,1-2H3. The Labute approximate surface area is 99.3 Å². The van der Waals surface area contributed by atoms with Crippen LogP contribution in [0.5, 0.6) is 0 Å². The van der Waals surface area contributed by atoms with E-state index in [0.29, 0.717) is 11.6 Å². The van der Waals surface area contributed by atoms with Gasteiger partial charge in [0.1, 0.15) is 11.3 Å². The van der Waals surface area contributed by atoms with Gasteiger partial charge >= 0.3 is 0 Å². The SMILES string of the molecule is CNC(COC)c1cc2cc(Cl)ccc2o1. The van der Waals surface area contributed by atoms with E-state index in [1.165, 1.54) is 0 Å². The molecule has 4 heteroatoms. The van der Waals surface area contributed by atoms with E-state index in [1.54, 1.807) is 7.11 Å². The third kappa shape index (κ3) is 2.21. The van der Waals surface area contributed by atoms with Crippen molar-refractivity contribution in [1.82, 2.24) is 5.32 Å². The molecule has 86 valence electrons. The zero-order chi connectivity index (χ0) is 11.5. The summed E-state index contributed by atoms with van der Waals surface area (Å²) in [6.45, 7) is 0.573. The molecule has 1 heterocycles. The molecule has 0 aliphatic rings. The molecule has 1 atom stereocenters. The highest BCUT2D eigenvalue weighted by Gasteiger charge is 2.14. The van der Waals surface area contributed by atoms with Gasteiger partial charge in [-0.2, -0.15) is 0 Å². The van der Waals surface area contributed by atoms with Crippen molar-refractivity contribution in [1.29, 1.82) is 0 Å². The molecule has 0 bridgehead atoms. The molecule has 0 aliphatic carbocycles. The van der Waals surface area contributed by atoms with E-state index in [2.05, 4.69) is 5.32 Å². The predicted octanol–water partition coefficient (Wildman–Crippen LogP) is 2.99. The normalized spacial score (nSPS) is 13.2. The van der Waals surface area contributed by atoms with Crippen molar-refractivity contribution in [3.63, 3.8) is 0 Å². The minimum Gasteiger partial charge on any atom is -0.459 e. The Bertz CT molecular complexity index is 481. The van der Waals surface area contributed by atoms with Crippen molar-refractivity contribution < 1.29 is 9.15 Å². The maximum Gasteiger partial charge on any atom is 0.134 e. The quantitative estimate of drug-likeness (QED) is 0.891. The van der Waals surface area contributed by atoms with Gasteiger partial charge < -0.3 is 14.5 Å². The number of likely N-dealkylation sites (N-methyl/N-ethyl adjacent to an activating group) is 1. The zero-order valence-electron chi connectivity index (χ0n) is 9.29. The number of methoxy groups -OCH3 is 1. The maximum absolute atomic E-state index is 5.92. The molecule has 0 aliphatic heterocycles. The van der Waals surface area contributed by atoms with Crippen molar-refractivity contribution in [2.75, 3.05) is 20.8 Å². The van der Waals surface area contributed by atoms with Gasteiger partial charge in [0.05, 0.1) is 12.6 Å². The molecule has 0 radical (unpaired) electrons. The Morgan fingerprint density at radius 2 is 2.25 bits per heavy atom. The molecule has 2 rings (SSSR count). The lowest BCUT2D eigenvalue weighted by atomic mass is 10.2. The number of halogens is 1. The van der Waals surface area contributed by atoms with Gasteiger partial charge in [0.25, 0.3) is 0 Å². The van der Waals surface area contributed by atoms with Crippen LogP contribution in [0.2, 0.25) is 5.02 Å². The molecular weight excluding hydrogens is 226 g/mol. The van der Waals surface area contributed by atoms with Crippen LogP contribution < -0.4 is 5.32 Å². The lowest BCUT2D eigenvalue weighted by Gasteiger charge is -2.11. The fourth-order valence-corrected chi connectivity index (χ4v) is 1.86. The minimum absolute atomic E-state index is 0.0659. The second-order valence-electron chi connectivity index (χ2n) is 3.63. The highest BCUT2D eigenvalue weighted by Crippen LogP contribution is 2.26. The van der Waals surface area contributed by atoms with Crippen molar-refractivity contribution in [3.8, 4) is 0 Å². The van der Waals surface area contributed by atoms with E-state index in [-0.39, 0.29) is 6.04 Å². The summed E-state index contributed by atoms with van der Waals surface area (Å²) >= 11 is 5.92. The second-order valence-corrected chi connectivity index (χ2v) is 4.06. The van der Waals surface area contributed by atoms with E-state index in [4.69, 9.17) is 20.8 Å². The number of hydrogen-bond acceptors (Lipinski definition) is 3. The third-order valence-electron chi connectivity index (χ3n) is 2.52. The first-order chi connectivity index (χ1) is 7.74. The number of fused-ring (bicyclic) bond motifs is 1. The Morgan fingerprint density at radius 3 is 2.94 bits per heavy atom. The summed E-state index contributed by atoms with van der Waals surface area (Å²) in [6, 6.07) is 7.64. The zero-order valence-corrected chi connectivity index (χ0v) is 10.0. The molecule has 1 unspecified atom stereocenters. The van der Waals surface area contributed by atoms with Crippen LogP contribution in [0.15, 0.2) is 28.7 Å². The van der Waals surface area contributed by atoms with Gasteiger partial charge in [-0.15, -0.1) is 0 Å². The molecule has 0 spiro atoms. The number of benzene rings is 1. The Morgan fingerprint density at radius 1 is 1.44 bits per heavy atom. The number of ether oxygens (including phenoxy) is 1. The maximum atomic E-state index is 5.92. The molecule has 16 heavy (non-hydrogen) atoms.